The molecule has 0 aliphatic rings. The Bertz CT molecular complexity index is 456. The van der Waals surface area contributed by atoms with Gasteiger partial charge >= 0.3 is 10.4 Å². The van der Waals surface area contributed by atoms with Gasteiger partial charge in [0, 0.05) is 12.1 Å². The molecule has 1 rings (SSSR count). The minimum atomic E-state index is -4.69. The summed E-state index contributed by atoms with van der Waals surface area (Å²) in [7, 11) is -4.69. The molecule has 0 radical (unpaired) electrons. The summed E-state index contributed by atoms with van der Waals surface area (Å²) in [5.74, 6) is -1.04. The van der Waals surface area contributed by atoms with Crippen molar-refractivity contribution in [1.29, 1.82) is 0 Å². The Morgan fingerprint density at radius 3 is 2.21 bits per heavy atom. The SMILES string of the molecule is O=S(=O)(O)Oc1cc(Cl)c(Cl)cc1O. The molecule has 0 heterocycles. The molecule has 1 aromatic rings. The summed E-state index contributed by atoms with van der Waals surface area (Å²) in [4.78, 5) is 0. The highest BCUT2D eigenvalue weighted by Gasteiger charge is 2.13. The minimum Gasteiger partial charge on any atom is -0.504 e. The third-order valence-corrected chi connectivity index (χ3v) is 2.31. The van der Waals surface area contributed by atoms with E-state index in [0.717, 1.165) is 12.1 Å². The Morgan fingerprint density at radius 1 is 1.21 bits per heavy atom. The van der Waals surface area contributed by atoms with E-state index in [9.17, 15) is 8.42 Å². The molecule has 8 heteroatoms. The monoisotopic (exact) mass is 258 g/mol. The summed E-state index contributed by atoms with van der Waals surface area (Å²) < 4.78 is 32.9. The van der Waals surface area contributed by atoms with E-state index in [-0.39, 0.29) is 10.0 Å². The lowest BCUT2D eigenvalue weighted by atomic mass is 10.3. The van der Waals surface area contributed by atoms with Crippen molar-refractivity contribution in [1.82, 2.24) is 0 Å². The summed E-state index contributed by atoms with van der Waals surface area (Å²) in [6, 6.07) is 1.96. The molecule has 1 aromatic carbocycles. The fourth-order valence-corrected chi connectivity index (χ4v) is 1.37. The predicted octanol–water partition coefficient (Wildman–Crippen LogP) is 1.88. The van der Waals surface area contributed by atoms with Crippen molar-refractivity contribution in [3.8, 4) is 11.5 Å². The van der Waals surface area contributed by atoms with Gasteiger partial charge in [-0.2, -0.15) is 8.42 Å². The van der Waals surface area contributed by atoms with Crippen molar-refractivity contribution in [3.63, 3.8) is 0 Å². The molecule has 2 N–H and O–H groups in total. The van der Waals surface area contributed by atoms with Gasteiger partial charge in [0.15, 0.2) is 11.5 Å². The van der Waals surface area contributed by atoms with Crippen molar-refractivity contribution in [3.05, 3.63) is 22.2 Å². The number of halogens is 2. The summed E-state index contributed by atoms with van der Waals surface area (Å²) >= 11 is 11.0. The van der Waals surface area contributed by atoms with Gasteiger partial charge in [-0.05, 0) is 0 Å². The minimum absolute atomic E-state index is 0.0110. The number of phenols is 1. The molecule has 0 fully saturated rings. The first kappa shape index (κ1) is 11.4. The van der Waals surface area contributed by atoms with E-state index < -0.39 is 21.9 Å². The Balaban J connectivity index is 3.17. The van der Waals surface area contributed by atoms with Gasteiger partial charge in [-0.25, -0.2) is 0 Å². The largest absolute Gasteiger partial charge is 0.504 e. The Morgan fingerprint density at radius 2 is 1.71 bits per heavy atom. The van der Waals surface area contributed by atoms with Crippen molar-refractivity contribution in [2.75, 3.05) is 0 Å². The van der Waals surface area contributed by atoms with E-state index in [1.165, 1.54) is 0 Å². The lowest BCUT2D eigenvalue weighted by Gasteiger charge is -2.05. The van der Waals surface area contributed by atoms with Crippen LogP contribution in [0.1, 0.15) is 0 Å². The van der Waals surface area contributed by atoms with Crippen LogP contribution in [0, 0.1) is 0 Å². The number of aromatic hydroxyl groups is 1. The van der Waals surface area contributed by atoms with Crippen LogP contribution in [0.3, 0.4) is 0 Å². The zero-order valence-corrected chi connectivity index (χ0v) is 8.77. The number of rotatable bonds is 2. The standard InChI is InChI=1S/C6H4Cl2O5S/c7-3-1-5(9)6(2-4(3)8)13-14(10,11)12/h1-2,9H,(H,10,11,12). The molecule has 0 atom stereocenters. The van der Waals surface area contributed by atoms with E-state index in [4.69, 9.17) is 32.9 Å². The van der Waals surface area contributed by atoms with Crippen molar-refractivity contribution < 1.29 is 22.3 Å². The maximum Gasteiger partial charge on any atom is 0.446 e. The van der Waals surface area contributed by atoms with Crippen LogP contribution >= 0.6 is 23.2 Å². The molecule has 0 aromatic heterocycles. The van der Waals surface area contributed by atoms with Crippen LogP contribution in [-0.4, -0.2) is 18.1 Å². The van der Waals surface area contributed by atoms with Crippen molar-refractivity contribution in [2.24, 2.45) is 0 Å². The zero-order valence-electron chi connectivity index (χ0n) is 6.44. The van der Waals surface area contributed by atoms with Crippen LogP contribution in [0.5, 0.6) is 11.5 Å². The molecular weight excluding hydrogens is 255 g/mol. The van der Waals surface area contributed by atoms with Crippen LogP contribution in [-0.2, 0) is 10.4 Å². The molecule has 14 heavy (non-hydrogen) atoms. The van der Waals surface area contributed by atoms with Gasteiger partial charge in [0.05, 0.1) is 10.0 Å². The maximum absolute atomic E-state index is 10.3. The Hall–Kier alpha value is -0.690. The first-order chi connectivity index (χ1) is 6.29. The highest BCUT2D eigenvalue weighted by atomic mass is 35.5. The summed E-state index contributed by atoms with van der Waals surface area (Å²) in [6.45, 7) is 0. The molecule has 0 aliphatic carbocycles. The average Bonchev–Trinajstić information content (AvgIpc) is 1.97. The van der Waals surface area contributed by atoms with Crippen LogP contribution in [0.25, 0.3) is 0 Å². The fraction of sp³-hybridized carbons (Fsp3) is 0. The summed E-state index contributed by atoms with van der Waals surface area (Å²) in [5.41, 5.74) is 0. The zero-order chi connectivity index (χ0) is 10.9. The van der Waals surface area contributed by atoms with Gasteiger partial charge in [-0.15, -0.1) is 0 Å². The lowest BCUT2D eigenvalue weighted by molar-refractivity contribution is 0.371. The third-order valence-electron chi connectivity index (χ3n) is 1.20. The highest BCUT2D eigenvalue weighted by molar-refractivity contribution is 7.81. The van der Waals surface area contributed by atoms with E-state index in [2.05, 4.69) is 4.18 Å². The molecule has 5 nitrogen and oxygen atoms in total. The quantitative estimate of drug-likeness (QED) is 0.792. The van der Waals surface area contributed by atoms with Crippen molar-refractivity contribution in [2.45, 2.75) is 0 Å². The number of hydrogen-bond donors (Lipinski definition) is 2. The van der Waals surface area contributed by atoms with Gasteiger partial charge in [0.25, 0.3) is 0 Å². The van der Waals surface area contributed by atoms with Crippen LogP contribution < -0.4 is 4.18 Å². The second kappa shape index (κ2) is 3.82. The molecule has 0 saturated heterocycles. The van der Waals surface area contributed by atoms with Gasteiger partial charge < -0.3 is 9.29 Å². The molecule has 0 amide bonds. The first-order valence-corrected chi connectivity index (χ1v) is 5.26. The summed E-state index contributed by atoms with van der Waals surface area (Å²) in [5, 5.41) is 9.16. The Kier molecular flexibility index (Phi) is 3.10. The molecular formula is C6H4Cl2O5S. The molecule has 0 aliphatic heterocycles. The fourth-order valence-electron chi connectivity index (χ4n) is 0.698. The van der Waals surface area contributed by atoms with Crippen molar-refractivity contribution >= 4 is 33.6 Å². The van der Waals surface area contributed by atoms with Gasteiger partial charge in [-0.3, -0.25) is 4.55 Å². The topological polar surface area (TPSA) is 83.8 Å². The number of hydrogen-bond acceptors (Lipinski definition) is 4. The number of benzene rings is 1. The Labute approximate surface area is 89.8 Å². The van der Waals surface area contributed by atoms with E-state index in [0.29, 0.717) is 0 Å². The molecule has 0 bridgehead atoms. The molecule has 0 unspecified atom stereocenters. The van der Waals surface area contributed by atoms with Gasteiger partial charge in [0.1, 0.15) is 0 Å². The normalized spacial score (nSPS) is 11.4. The van der Waals surface area contributed by atoms with Gasteiger partial charge in [-0.1, -0.05) is 23.2 Å². The number of phenolic OH excluding ortho intramolecular Hbond substituents is 1. The molecule has 0 spiro atoms. The highest BCUT2D eigenvalue weighted by Crippen LogP contribution is 2.35. The second-order valence-electron chi connectivity index (χ2n) is 2.25. The maximum atomic E-state index is 10.3. The second-order valence-corrected chi connectivity index (χ2v) is 4.08. The first-order valence-electron chi connectivity index (χ1n) is 3.14. The molecule has 0 saturated carbocycles. The lowest BCUT2D eigenvalue weighted by Crippen LogP contribution is -2.06. The summed E-state index contributed by atoms with van der Waals surface area (Å²) in [6.07, 6.45) is 0. The van der Waals surface area contributed by atoms with Crippen LogP contribution in [0.2, 0.25) is 10.0 Å². The van der Waals surface area contributed by atoms with E-state index in [1.54, 1.807) is 0 Å². The smallest absolute Gasteiger partial charge is 0.446 e. The predicted molar refractivity (Wildman–Crippen MR) is 50.3 cm³/mol. The average molecular weight is 259 g/mol. The van der Waals surface area contributed by atoms with E-state index >= 15 is 0 Å². The molecule has 78 valence electrons. The van der Waals surface area contributed by atoms with E-state index in [1.807, 2.05) is 0 Å². The van der Waals surface area contributed by atoms with Crippen LogP contribution in [0.15, 0.2) is 12.1 Å². The third kappa shape index (κ3) is 2.91. The van der Waals surface area contributed by atoms with Crippen LogP contribution in [0.4, 0.5) is 0 Å². The van der Waals surface area contributed by atoms with Gasteiger partial charge in [0.2, 0.25) is 0 Å².